The lowest BCUT2D eigenvalue weighted by Gasteiger charge is -2.21. The minimum atomic E-state index is -4.43. The SMILES string of the molecule is Cc1ccc(N(c2c[c]c(Cl)cc2)S(=O)(=O)O)cc1. The molecule has 0 spiro atoms. The standard InChI is InChI=1S/C13H11ClNO3S/c1-10-2-6-12(7-3-10)15(19(16,17)18)13-8-4-11(14)5-9-13/h2-4,6-9H,1H3,(H,16,17,18). The number of aryl methyl sites for hydroxylation is 1. The summed E-state index contributed by atoms with van der Waals surface area (Å²) in [6, 6.07) is 13.8. The van der Waals surface area contributed by atoms with Gasteiger partial charge in [0, 0.05) is 11.1 Å². The van der Waals surface area contributed by atoms with Crippen LogP contribution >= 0.6 is 11.6 Å². The van der Waals surface area contributed by atoms with Crippen molar-refractivity contribution in [1.29, 1.82) is 0 Å². The minimum absolute atomic E-state index is 0.260. The highest BCUT2D eigenvalue weighted by Gasteiger charge is 2.21. The summed E-state index contributed by atoms with van der Waals surface area (Å²) in [6.07, 6.45) is 0. The van der Waals surface area contributed by atoms with Crippen LogP contribution in [-0.4, -0.2) is 13.0 Å². The Balaban J connectivity index is 2.54. The summed E-state index contributed by atoms with van der Waals surface area (Å²) in [4.78, 5) is 0. The molecule has 1 radical (unpaired) electrons. The largest absolute Gasteiger partial charge is 0.364 e. The first-order valence-electron chi connectivity index (χ1n) is 5.39. The molecule has 0 atom stereocenters. The normalized spacial score (nSPS) is 11.3. The Hall–Kier alpha value is -1.56. The molecule has 19 heavy (non-hydrogen) atoms. The van der Waals surface area contributed by atoms with Crippen molar-refractivity contribution in [2.24, 2.45) is 0 Å². The second kappa shape index (κ2) is 5.21. The molecule has 2 rings (SSSR count). The summed E-state index contributed by atoms with van der Waals surface area (Å²) >= 11 is 5.71. The van der Waals surface area contributed by atoms with E-state index in [0.29, 0.717) is 10.7 Å². The van der Waals surface area contributed by atoms with E-state index in [1.54, 1.807) is 24.3 Å². The van der Waals surface area contributed by atoms with Crippen LogP contribution in [0.4, 0.5) is 11.4 Å². The predicted octanol–water partition coefficient (Wildman–Crippen LogP) is 3.39. The highest BCUT2D eigenvalue weighted by atomic mass is 35.5. The molecule has 2 aromatic rings. The highest BCUT2D eigenvalue weighted by Crippen LogP contribution is 2.29. The van der Waals surface area contributed by atoms with Crippen molar-refractivity contribution in [3.05, 3.63) is 59.1 Å². The number of nitrogens with zero attached hydrogens (tertiary/aromatic N) is 1. The number of anilines is 2. The number of benzene rings is 2. The first-order valence-corrected chi connectivity index (χ1v) is 7.17. The molecule has 99 valence electrons. The number of hydrogen-bond donors (Lipinski definition) is 1. The van der Waals surface area contributed by atoms with Gasteiger partial charge in [-0.15, -0.1) is 0 Å². The van der Waals surface area contributed by atoms with E-state index in [4.69, 9.17) is 11.6 Å². The zero-order valence-electron chi connectivity index (χ0n) is 10.0. The Morgan fingerprint density at radius 1 is 1.11 bits per heavy atom. The first-order chi connectivity index (χ1) is 8.88. The first kappa shape index (κ1) is 13.9. The van der Waals surface area contributed by atoms with Crippen LogP contribution in [-0.2, 0) is 10.3 Å². The molecule has 0 aliphatic rings. The Morgan fingerprint density at radius 3 is 2.16 bits per heavy atom. The molecule has 0 aromatic heterocycles. The lowest BCUT2D eigenvalue weighted by Crippen LogP contribution is -2.25. The average molecular weight is 297 g/mol. The van der Waals surface area contributed by atoms with Gasteiger partial charge in [0.05, 0.1) is 11.4 Å². The average Bonchev–Trinajstić information content (AvgIpc) is 2.33. The fourth-order valence-corrected chi connectivity index (χ4v) is 2.51. The molecule has 0 saturated carbocycles. The smallest absolute Gasteiger partial charge is 0.269 e. The summed E-state index contributed by atoms with van der Waals surface area (Å²) in [5.74, 6) is 0. The summed E-state index contributed by atoms with van der Waals surface area (Å²) in [7, 11) is -4.43. The molecular formula is C13H11ClNO3S. The van der Waals surface area contributed by atoms with Gasteiger partial charge in [0.2, 0.25) is 0 Å². The monoisotopic (exact) mass is 296 g/mol. The molecule has 2 aromatic carbocycles. The molecule has 6 heteroatoms. The van der Waals surface area contributed by atoms with Gasteiger partial charge in [-0.1, -0.05) is 29.3 Å². The van der Waals surface area contributed by atoms with Gasteiger partial charge >= 0.3 is 10.3 Å². The molecule has 0 bridgehead atoms. The third-order valence-corrected chi connectivity index (χ3v) is 3.61. The van der Waals surface area contributed by atoms with Gasteiger partial charge in [-0.3, -0.25) is 4.55 Å². The van der Waals surface area contributed by atoms with E-state index in [2.05, 4.69) is 6.07 Å². The fourth-order valence-electron chi connectivity index (χ4n) is 1.62. The van der Waals surface area contributed by atoms with Crippen molar-refractivity contribution in [3.63, 3.8) is 0 Å². The predicted molar refractivity (Wildman–Crippen MR) is 75.2 cm³/mol. The number of halogens is 1. The zero-order valence-corrected chi connectivity index (χ0v) is 11.6. The number of rotatable bonds is 3. The van der Waals surface area contributed by atoms with Gasteiger partial charge < -0.3 is 0 Å². The molecule has 0 heterocycles. The van der Waals surface area contributed by atoms with Crippen LogP contribution in [0.2, 0.25) is 5.02 Å². The zero-order chi connectivity index (χ0) is 14.0. The molecule has 0 saturated heterocycles. The van der Waals surface area contributed by atoms with Crippen LogP contribution < -0.4 is 4.31 Å². The van der Waals surface area contributed by atoms with Gasteiger partial charge in [0.25, 0.3) is 0 Å². The van der Waals surface area contributed by atoms with Gasteiger partial charge in [0.15, 0.2) is 0 Å². The van der Waals surface area contributed by atoms with Gasteiger partial charge in [-0.2, -0.15) is 8.42 Å². The van der Waals surface area contributed by atoms with Crippen LogP contribution in [0, 0.1) is 13.0 Å². The molecule has 1 N–H and O–H groups in total. The maximum Gasteiger partial charge on any atom is 0.364 e. The van der Waals surface area contributed by atoms with Crippen molar-refractivity contribution in [1.82, 2.24) is 0 Å². The Labute approximate surface area is 117 Å². The van der Waals surface area contributed by atoms with Crippen molar-refractivity contribution in [3.8, 4) is 0 Å². The third-order valence-electron chi connectivity index (χ3n) is 2.49. The van der Waals surface area contributed by atoms with E-state index in [9.17, 15) is 13.0 Å². The van der Waals surface area contributed by atoms with Crippen LogP contribution in [0.1, 0.15) is 5.56 Å². The summed E-state index contributed by atoms with van der Waals surface area (Å²) in [5, 5.41) is 0.364. The molecule has 0 unspecified atom stereocenters. The second-order valence-electron chi connectivity index (χ2n) is 3.97. The molecular weight excluding hydrogens is 286 g/mol. The number of hydrogen-bond acceptors (Lipinski definition) is 2. The lowest BCUT2D eigenvalue weighted by molar-refractivity contribution is 0.483. The van der Waals surface area contributed by atoms with Crippen molar-refractivity contribution in [2.75, 3.05) is 4.31 Å². The topological polar surface area (TPSA) is 57.6 Å². The van der Waals surface area contributed by atoms with Crippen LogP contribution in [0.5, 0.6) is 0 Å². The van der Waals surface area contributed by atoms with E-state index < -0.39 is 10.3 Å². The van der Waals surface area contributed by atoms with Gasteiger partial charge in [0.1, 0.15) is 0 Å². The quantitative estimate of drug-likeness (QED) is 0.883. The minimum Gasteiger partial charge on any atom is -0.269 e. The van der Waals surface area contributed by atoms with Crippen molar-refractivity contribution < 1.29 is 13.0 Å². The summed E-state index contributed by atoms with van der Waals surface area (Å²) < 4.78 is 33.3. The lowest BCUT2D eigenvalue weighted by atomic mass is 10.2. The Kier molecular flexibility index (Phi) is 3.80. The molecule has 0 fully saturated rings. The van der Waals surface area contributed by atoms with Gasteiger partial charge in [-0.25, -0.2) is 4.31 Å². The van der Waals surface area contributed by atoms with Crippen LogP contribution in [0.25, 0.3) is 0 Å². The van der Waals surface area contributed by atoms with Crippen molar-refractivity contribution >= 4 is 33.3 Å². The van der Waals surface area contributed by atoms with Crippen LogP contribution in [0.3, 0.4) is 0 Å². The van der Waals surface area contributed by atoms with E-state index in [0.717, 1.165) is 9.87 Å². The molecule has 0 aliphatic carbocycles. The maximum absolute atomic E-state index is 11.5. The maximum atomic E-state index is 11.5. The van der Waals surface area contributed by atoms with E-state index in [1.807, 2.05) is 6.92 Å². The highest BCUT2D eigenvalue weighted by molar-refractivity contribution is 7.87. The second-order valence-corrected chi connectivity index (χ2v) is 5.64. The van der Waals surface area contributed by atoms with E-state index in [-0.39, 0.29) is 5.69 Å². The Bertz CT molecular complexity index is 621. The fraction of sp³-hybridized carbons (Fsp3) is 0.0769. The summed E-state index contributed by atoms with van der Waals surface area (Å²) in [5.41, 5.74) is 1.58. The van der Waals surface area contributed by atoms with Crippen molar-refractivity contribution in [2.45, 2.75) is 6.92 Å². The van der Waals surface area contributed by atoms with E-state index in [1.165, 1.54) is 18.2 Å². The molecule has 4 nitrogen and oxygen atoms in total. The molecule has 0 aliphatic heterocycles. The Morgan fingerprint density at radius 2 is 1.68 bits per heavy atom. The third kappa shape index (κ3) is 3.26. The van der Waals surface area contributed by atoms with Crippen LogP contribution in [0.15, 0.2) is 42.5 Å². The molecule has 0 amide bonds. The summed E-state index contributed by atoms with van der Waals surface area (Å²) in [6.45, 7) is 1.89. The van der Waals surface area contributed by atoms with E-state index >= 15 is 0 Å². The van der Waals surface area contributed by atoms with Gasteiger partial charge in [-0.05, 0) is 37.3 Å².